The largest absolute Gasteiger partial charge is 0.484 e. The van der Waals surface area contributed by atoms with Crippen LogP contribution in [-0.4, -0.2) is 30.0 Å². The molecule has 23 heavy (non-hydrogen) atoms. The molecule has 5 nitrogen and oxygen atoms in total. The van der Waals surface area contributed by atoms with Crippen LogP contribution in [0.1, 0.15) is 24.2 Å². The second-order valence-corrected chi connectivity index (χ2v) is 6.82. The number of amidine groups is 1. The van der Waals surface area contributed by atoms with Crippen LogP contribution in [0.2, 0.25) is 0 Å². The van der Waals surface area contributed by atoms with E-state index < -0.39 is 0 Å². The summed E-state index contributed by atoms with van der Waals surface area (Å²) in [6.45, 7) is 0.758. The van der Waals surface area contributed by atoms with Crippen molar-refractivity contribution in [1.29, 1.82) is 0 Å². The molecule has 0 atom stereocenters. The number of amides is 1. The van der Waals surface area contributed by atoms with Crippen LogP contribution in [0.15, 0.2) is 27.6 Å². The lowest BCUT2D eigenvalue weighted by Gasteiger charge is -2.09. The van der Waals surface area contributed by atoms with Crippen LogP contribution in [0.5, 0.6) is 5.75 Å². The van der Waals surface area contributed by atoms with E-state index in [1.807, 2.05) is 18.2 Å². The molecule has 0 saturated heterocycles. The lowest BCUT2D eigenvalue weighted by molar-refractivity contribution is -0.121. The summed E-state index contributed by atoms with van der Waals surface area (Å²) in [6, 6.07) is 5.77. The summed E-state index contributed by atoms with van der Waals surface area (Å²) in [4.78, 5) is 16.1. The van der Waals surface area contributed by atoms with Gasteiger partial charge in [-0.3, -0.25) is 9.79 Å². The molecule has 1 N–H and O–H groups in total. The molecular weight excluding hydrogens is 312 g/mol. The fourth-order valence-corrected chi connectivity index (χ4v) is 3.79. The number of furan rings is 1. The monoisotopic (exact) mass is 330 g/mol. The van der Waals surface area contributed by atoms with Crippen LogP contribution in [0.4, 0.5) is 0 Å². The van der Waals surface area contributed by atoms with Crippen LogP contribution in [0, 0.1) is 0 Å². The molecule has 120 valence electrons. The molecule has 0 spiro atoms. The topological polar surface area (TPSA) is 63.8 Å². The van der Waals surface area contributed by atoms with Crippen molar-refractivity contribution in [3.8, 4) is 5.75 Å². The number of benzene rings is 1. The van der Waals surface area contributed by atoms with Crippen LogP contribution >= 0.6 is 11.8 Å². The van der Waals surface area contributed by atoms with Crippen molar-refractivity contribution in [3.05, 3.63) is 29.5 Å². The Balaban J connectivity index is 1.45. The fraction of sp³-hybridized carbons (Fsp3) is 0.412. The Labute approximate surface area is 138 Å². The molecule has 0 bridgehead atoms. The zero-order valence-corrected chi connectivity index (χ0v) is 13.6. The maximum atomic E-state index is 11.9. The average Bonchev–Trinajstić information content (AvgIpc) is 3.20. The number of fused-ring (bicyclic) bond motifs is 3. The second kappa shape index (κ2) is 6.28. The van der Waals surface area contributed by atoms with Gasteiger partial charge in [0.15, 0.2) is 11.8 Å². The third-order valence-electron chi connectivity index (χ3n) is 4.13. The number of nitrogens with one attached hydrogen (secondary N) is 1. The standard InChI is InChI=1S/C17H18N2O3S/c20-16(19-17-18-7-8-23-17)10-21-11-5-6-15-13(9-11)12-3-1-2-4-14(12)22-15/h5-6,9H,1-4,7-8,10H2,(H,18,19,20). The van der Waals surface area contributed by atoms with E-state index in [4.69, 9.17) is 9.15 Å². The minimum atomic E-state index is -0.174. The Hall–Kier alpha value is -1.95. The van der Waals surface area contributed by atoms with Crippen molar-refractivity contribution in [3.63, 3.8) is 0 Å². The minimum Gasteiger partial charge on any atom is -0.484 e. The smallest absolute Gasteiger partial charge is 0.263 e. The lowest BCUT2D eigenvalue weighted by Crippen LogP contribution is -2.31. The number of ether oxygens (including phenoxy) is 1. The van der Waals surface area contributed by atoms with Crippen molar-refractivity contribution >= 4 is 33.8 Å². The highest BCUT2D eigenvalue weighted by Gasteiger charge is 2.18. The van der Waals surface area contributed by atoms with Crippen LogP contribution in [-0.2, 0) is 17.6 Å². The number of nitrogens with zero attached hydrogens (tertiary/aromatic N) is 1. The zero-order chi connectivity index (χ0) is 15.6. The number of aliphatic imine (C=N–C) groups is 1. The van der Waals surface area contributed by atoms with E-state index in [1.165, 1.54) is 18.4 Å². The summed E-state index contributed by atoms with van der Waals surface area (Å²) in [5.74, 6) is 2.56. The predicted molar refractivity (Wildman–Crippen MR) is 91.3 cm³/mol. The van der Waals surface area contributed by atoms with E-state index in [0.29, 0.717) is 10.9 Å². The maximum absolute atomic E-state index is 11.9. The highest BCUT2D eigenvalue weighted by atomic mass is 32.2. The van der Waals surface area contributed by atoms with E-state index in [1.54, 1.807) is 11.8 Å². The van der Waals surface area contributed by atoms with E-state index in [2.05, 4.69) is 10.3 Å². The molecule has 0 unspecified atom stereocenters. The van der Waals surface area contributed by atoms with E-state index in [0.717, 1.165) is 41.9 Å². The zero-order valence-electron chi connectivity index (χ0n) is 12.8. The first-order valence-electron chi connectivity index (χ1n) is 7.94. The maximum Gasteiger partial charge on any atom is 0.263 e. The molecule has 1 amide bonds. The third kappa shape index (κ3) is 3.08. The first kappa shape index (κ1) is 14.6. The van der Waals surface area contributed by atoms with Crippen LogP contribution in [0.25, 0.3) is 11.0 Å². The number of rotatable bonds is 3. The fourth-order valence-electron chi connectivity index (χ4n) is 3.05. The molecule has 6 heteroatoms. The van der Waals surface area contributed by atoms with E-state index in [9.17, 15) is 4.79 Å². The van der Waals surface area contributed by atoms with Crippen molar-refractivity contribution in [1.82, 2.24) is 5.32 Å². The summed E-state index contributed by atoms with van der Waals surface area (Å²) in [5.41, 5.74) is 2.21. The highest BCUT2D eigenvalue weighted by Crippen LogP contribution is 2.33. The highest BCUT2D eigenvalue weighted by molar-refractivity contribution is 8.14. The van der Waals surface area contributed by atoms with Gasteiger partial charge in [-0.05, 0) is 37.5 Å². The van der Waals surface area contributed by atoms with E-state index in [-0.39, 0.29) is 12.5 Å². The molecule has 0 radical (unpaired) electrons. The van der Waals surface area contributed by atoms with Gasteiger partial charge < -0.3 is 14.5 Å². The number of carbonyl (C=O) groups excluding carboxylic acids is 1. The molecule has 1 aromatic heterocycles. The summed E-state index contributed by atoms with van der Waals surface area (Å²) >= 11 is 1.56. The molecule has 2 heterocycles. The Bertz CT molecular complexity index is 781. The number of hydrogen-bond donors (Lipinski definition) is 1. The normalized spacial score (nSPS) is 17.0. The number of aryl methyl sites for hydroxylation is 2. The quantitative estimate of drug-likeness (QED) is 0.940. The molecule has 0 saturated carbocycles. The summed E-state index contributed by atoms with van der Waals surface area (Å²) in [6.07, 6.45) is 4.47. The first-order valence-corrected chi connectivity index (χ1v) is 8.92. The molecular formula is C17H18N2O3S. The molecule has 1 aliphatic heterocycles. The van der Waals surface area contributed by atoms with Gasteiger partial charge in [-0.25, -0.2) is 0 Å². The molecule has 2 aliphatic rings. The molecule has 1 aliphatic carbocycles. The molecule has 1 aromatic carbocycles. The van der Waals surface area contributed by atoms with Crippen molar-refractivity contribution in [2.75, 3.05) is 18.9 Å². The predicted octanol–water partition coefficient (Wildman–Crippen LogP) is 2.91. The minimum absolute atomic E-state index is 0.00880. The van der Waals surface area contributed by atoms with Gasteiger partial charge in [-0.1, -0.05) is 11.8 Å². The van der Waals surface area contributed by atoms with Gasteiger partial charge >= 0.3 is 0 Å². The van der Waals surface area contributed by atoms with Crippen molar-refractivity contribution in [2.45, 2.75) is 25.7 Å². The van der Waals surface area contributed by atoms with Crippen LogP contribution in [0.3, 0.4) is 0 Å². The van der Waals surface area contributed by atoms with Gasteiger partial charge in [0.2, 0.25) is 0 Å². The van der Waals surface area contributed by atoms with Crippen LogP contribution < -0.4 is 10.1 Å². The Kier molecular flexibility index (Phi) is 3.99. The second-order valence-electron chi connectivity index (χ2n) is 5.74. The van der Waals surface area contributed by atoms with E-state index >= 15 is 0 Å². The summed E-state index contributed by atoms with van der Waals surface area (Å²) in [5, 5.41) is 4.57. The number of hydrogen-bond acceptors (Lipinski definition) is 5. The Morgan fingerprint density at radius 3 is 3.13 bits per heavy atom. The lowest BCUT2D eigenvalue weighted by atomic mass is 9.96. The van der Waals surface area contributed by atoms with Gasteiger partial charge in [0, 0.05) is 23.1 Å². The average molecular weight is 330 g/mol. The Morgan fingerprint density at radius 2 is 2.26 bits per heavy atom. The number of carbonyl (C=O) groups is 1. The summed E-state index contributed by atoms with van der Waals surface area (Å²) < 4.78 is 11.5. The molecule has 4 rings (SSSR count). The Morgan fingerprint density at radius 1 is 1.35 bits per heavy atom. The summed E-state index contributed by atoms with van der Waals surface area (Å²) in [7, 11) is 0. The third-order valence-corrected chi connectivity index (χ3v) is 5.02. The number of thioether (sulfide) groups is 1. The first-order chi connectivity index (χ1) is 11.3. The SMILES string of the molecule is O=C(COc1ccc2oc3c(c2c1)CCCC3)NC1=NCCS1. The van der Waals surface area contributed by atoms with Crippen molar-refractivity contribution < 1.29 is 13.9 Å². The van der Waals surface area contributed by atoms with Gasteiger partial charge in [0.1, 0.15) is 17.1 Å². The van der Waals surface area contributed by atoms with Gasteiger partial charge in [-0.15, -0.1) is 0 Å². The van der Waals surface area contributed by atoms with Gasteiger partial charge in [0.05, 0.1) is 6.54 Å². The van der Waals surface area contributed by atoms with Gasteiger partial charge in [0.25, 0.3) is 5.91 Å². The molecule has 2 aromatic rings. The molecule has 0 fully saturated rings. The van der Waals surface area contributed by atoms with Crippen molar-refractivity contribution in [2.24, 2.45) is 4.99 Å². The van der Waals surface area contributed by atoms with Gasteiger partial charge in [-0.2, -0.15) is 0 Å².